The Balaban J connectivity index is 2.31. The molecule has 1 atom stereocenters. The van der Waals surface area contributed by atoms with Gasteiger partial charge in [0.2, 0.25) is 0 Å². The summed E-state index contributed by atoms with van der Waals surface area (Å²) in [5.41, 5.74) is 7.26. The first-order valence-corrected chi connectivity index (χ1v) is 5.20. The van der Waals surface area contributed by atoms with Crippen molar-refractivity contribution in [2.45, 2.75) is 12.8 Å². The fourth-order valence-corrected chi connectivity index (χ4v) is 1.49. The predicted molar refractivity (Wildman–Crippen MR) is 61.0 cm³/mol. The molecule has 0 saturated heterocycles. The molecule has 2 rings (SSSR count). The van der Waals surface area contributed by atoms with Gasteiger partial charge in [-0.1, -0.05) is 13.0 Å². The van der Waals surface area contributed by atoms with E-state index in [0.717, 1.165) is 11.4 Å². The summed E-state index contributed by atoms with van der Waals surface area (Å²) in [5, 5.41) is 0. The third-order valence-electron chi connectivity index (χ3n) is 2.57. The number of imidazole rings is 1. The van der Waals surface area contributed by atoms with Crippen LogP contribution in [0.15, 0.2) is 36.8 Å². The molecule has 0 fully saturated rings. The van der Waals surface area contributed by atoms with Gasteiger partial charge >= 0.3 is 0 Å². The maximum Gasteiger partial charge on any atom is 0.125 e. The Morgan fingerprint density at radius 1 is 1.50 bits per heavy atom. The van der Waals surface area contributed by atoms with Gasteiger partial charge in [-0.2, -0.15) is 0 Å². The molecule has 84 valence electrons. The summed E-state index contributed by atoms with van der Waals surface area (Å²) in [6.45, 7) is 2.57. The van der Waals surface area contributed by atoms with Crippen molar-refractivity contribution in [2.75, 3.05) is 6.54 Å². The number of hydrogen-bond donors (Lipinski definition) is 1. The fraction of sp³-hybridized carbons (Fsp3) is 0.250. The minimum Gasteiger partial charge on any atom is -0.330 e. The Morgan fingerprint density at radius 3 is 3.00 bits per heavy atom. The third kappa shape index (κ3) is 2.12. The number of nitrogens with two attached hydrogens (primary N) is 1. The molecular weight excluding hydrogens is 205 g/mol. The number of aromatic nitrogens is 2. The van der Waals surface area contributed by atoms with E-state index in [9.17, 15) is 4.39 Å². The predicted octanol–water partition coefficient (Wildman–Crippen LogP) is 2.07. The normalized spacial score (nSPS) is 12.7. The Bertz CT molecular complexity index is 479. The van der Waals surface area contributed by atoms with Gasteiger partial charge in [0.15, 0.2) is 0 Å². The van der Waals surface area contributed by atoms with Gasteiger partial charge in [0.25, 0.3) is 0 Å². The molecule has 4 heteroatoms. The van der Waals surface area contributed by atoms with Gasteiger partial charge in [0.05, 0.1) is 12.0 Å². The van der Waals surface area contributed by atoms with E-state index in [0.29, 0.717) is 6.54 Å². The van der Waals surface area contributed by atoms with Gasteiger partial charge in [-0.15, -0.1) is 0 Å². The van der Waals surface area contributed by atoms with Crippen molar-refractivity contribution in [3.8, 4) is 5.69 Å². The summed E-state index contributed by atoms with van der Waals surface area (Å²) in [4.78, 5) is 4.25. The minimum atomic E-state index is -0.250. The van der Waals surface area contributed by atoms with E-state index in [-0.39, 0.29) is 11.7 Å². The molecule has 0 aliphatic heterocycles. The number of hydrogen-bond acceptors (Lipinski definition) is 2. The SMILES string of the molecule is CC(CN)c1cn(-c2cccc(F)c2)cn1. The van der Waals surface area contributed by atoms with Crippen LogP contribution < -0.4 is 5.73 Å². The highest BCUT2D eigenvalue weighted by molar-refractivity contribution is 5.32. The molecule has 0 radical (unpaired) electrons. The zero-order valence-electron chi connectivity index (χ0n) is 9.10. The van der Waals surface area contributed by atoms with Crippen LogP contribution in [0, 0.1) is 5.82 Å². The van der Waals surface area contributed by atoms with E-state index in [1.54, 1.807) is 17.0 Å². The molecule has 0 amide bonds. The van der Waals surface area contributed by atoms with Crippen LogP contribution >= 0.6 is 0 Å². The van der Waals surface area contributed by atoms with Gasteiger partial charge in [-0.3, -0.25) is 0 Å². The second-order valence-electron chi connectivity index (χ2n) is 3.82. The second kappa shape index (κ2) is 4.45. The van der Waals surface area contributed by atoms with Crippen LogP contribution in [0.5, 0.6) is 0 Å². The lowest BCUT2D eigenvalue weighted by Gasteiger charge is -2.03. The van der Waals surface area contributed by atoms with Gasteiger partial charge in [-0.05, 0) is 18.2 Å². The van der Waals surface area contributed by atoms with Crippen molar-refractivity contribution in [3.63, 3.8) is 0 Å². The van der Waals surface area contributed by atoms with Crippen LogP contribution in [0.3, 0.4) is 0 Å². The smallest absolute Gasteiger partial charge is 0.125 e. The number of halogens is 1. The lowest BCUT2D eigenvalue weighted by atomic mass is 10.1. The largest absolute Gasteiger partial charge is 0.330 e. The monoisotopic (exact) mass is 219 g/mol. The number of benzene rings is 1. The average Bonchev–Trinajstić information content (AvgIpc) is 2.77. The van der Waals surface area contributed by atoms with Gasteiger partial charge < -0.3 is 10.3 Å². The zero-order valence-corrected chi connectivity index (χ0v) is 9.10. The highest BCUT2D eigenvalue weighted by Crippen LogP contribution is 2.15. The van der Waals surface area contributed by atoms with Gasteiger partial charge in [0.1, 0.15) is 5.82 Å². The highest BCUT2D eigenvalue weighted by Gasteiger charge is 2.07. The lowest BCUT2D eigenvalue weighted by molar-refractivity contribution is 0.626. The molecule has 1 heterocycles. The molecule has 0 bridgehead atoms. The van der Waals surface area contributed by atoms with E-state index in [4.69, 9.17) is 5.73 Å². The van der Waals surface area contributed by atoms with Crippen LogP contribution in [0.2, 0.25) is 0 Å². The molecule has 1 unspecified atom stereocenters. The quantitative estimate of drug-likeness (QED) is 0.858. The van der Waals surface area contributed by atoms with E-state index in [1.165, 1.54) is 12.1 Å². The third-order valence-corrected chi connectivity index (χ3v) is 2.57. The van der Waals surface area contributed by atoms with Crippen molar-refractivity contribution < 1.29 is 4.39 Å². The Hall–Kier alpha value is -1.68. The summed E-state index contributed by atoms with van der Waals surface area (Å²) in [5.74, 6) is -0.0329. The van der Waals surface area contributed by atoms with Crippen molar-refractivity contribution in [1.82, 2.24) is 9.55 Å². The van der Waals surface area contributed by atoms with Crippen LogP contribution in [0.1, 0.15) is 18.5 Å². The van der Waals surface area contributed by atoms with Crippen molar-refractivity contribution in [1.29, 1.82) is 0 Å². The molecule has 0 saturated carbocycles. The molecule has 0 aliphatic carbocycles. The van der Waals surface area contributed by atoms with E-state index >= 15 is 0 Å². The molecule has 1 aromatic carbocycles. The van der Waals surface area contributed by atoms with Gasteiger partial charge in [-0.25, -0.2) is 9.37 Å². The Labute approximate surface area is 93.7 Å². The first-order chi connectivity index (χ1) is 7.70. The second-order valence-corrected chi connectivity index (χ2v) is 3.82. The highest BCUT2D eigenvalue weighted by atomic mass is 19.1. The molecule has 16 heavy (non-hydrogen) atoms. The van der Waals surface area contributed by atoms with E-state index in [2.05, 4.69) is 4.98 Å². The fourth-order valence-electron chi connectivity index (χ4n) is 1.49. The maximum absolute atomic E-state index is 13.0. The topological polar surface area (TPSA) is 43.8 Å². The molecule has 0 spiro atoms. The van der Waals surface area contributed by atoms with Crippen LogP contribution in [0.25, 0.3) is 5.69 Å². The summed E-state index contributed by atoms with van der Waals surface area (Å²) in [6, 6.07) is 6.40. The first-order valence-electron chi connectivity index (χ1n) is 5.20. The zero-order chi connectivity index (χ0) is 11.5. The van der Waals surface area contributed by atoms with Crippen LogP contribution in [-0.4, -0.2) is 16.1 Å². The average molecular weight is 219 g/mol. The molecule has 2 N–H and O–H groups in total. The molecule has 1 aromatic heterocycles. The maximum atomic E-state index is 13.0. The van der Waals surface area contributed by atoms with Gasteiger partial charge in [0, 0.05) is 24.3 Å². The summed E-state index contributed by atoms with van der Waals surface area (Å²) < 4.78 is 14.8. The van der Waals surface area contributed by atoms with Crippen LogP contribution in [-0.2, 0) is 0 Å². The number of nitrogens with zero attached hydrogens (tertiary/aromatic N) is 2. The van der Waals surface area contributed by atoms with E-state index < -0.39 is 0 Å². The van der Waals surface area contributed by atoms with Crippen LogP contribution in [0.4, 0.5) is 4.39 Å². The Morgan fingerprint density at radius 2 is 2.31 bits per heavy atom. The molecule has 0 aliphatic rings. The summed E-state index contributed by atoms with van der Waals surface area (Å²) in [6.07, 6.45) is 3.56. The molecule has 2 aromatic rings. The Kier molecular flexibility index (Phi) is 3.01. The summed E-state index contributed by atoms with van der Waals surface area (Å²) in [7, 11) is 0. The standard InChI is InChI=1S/C12H14FN3/c1-9(6-14)12-7-16(8-15-12)11-4-2-3-10(13)5-11/h2-5,7-9H,6,14H2,1H3. The van der Waals surface area contributed by atoms with E-state index in [1.807, 2.05) is 19.2 Å². The first kappa shape index (κ1) is 10.8. The summed E-state index contributed by atoms with van der Waals surface area (Å²) >= 11 is 0. The van der Waals surface area contributed by atoms with Crippen molar-refractivity contribution in [3.05, 3.63) is 48.3 Å². The molecule has 3 nitrogen and oxygen atoms in total. The minimum absolute atomic E-state index is 0.217. The van der Waals surface area contributed by atoms with Crippen molar-refractivity contribution in [2.24, 2.45) is 5.73 Å². The van der Waals surface area contributed by atoms with Crippen molar-refractivity contribution >= 4 is 0 Å². The number of rotatable bonds is 3. The molecular formula is C12H14FN3. The lowest BCUT2D eigenvalue weighted by Crippen LogP contribution is -2.08.